The van der Waals surface area contributed by atoms with Gasteiger partial charge in [0.25, 0.3) is 5.91 Å². The summed E-state index contributed by atoms with van der Waals surface area (Å²) < 4.78 is 67.5. The molecule has 0 atom stereocenters. The summed E-state index contributed by atoms with van der Waals surface area (Å²) in [7, 11) is 0. The number of halogens is 6. The average Bonchev–Trinajstić information content (AvgIpc) is 3.07. The maximum absolute atomic E-state index is 13.7. The van der Waals surface area contributed by atoms with Crippen LogP contribution in [0.1, 0.15) is 15.9 Å². The molecule has 0 amide bonds. The predicted octanol–water partition coefficient (Wildman–Crippen LogP) is 6.34. The smallest absolute Gasteiger partial charge is 0.268 e. The minimum atomic E-state index is -4.60. The predicted molar refractivity (Wildman–Crippen MR) is 101 cm³/mol. The Morgan fingerprint density at radius 3 is 2.40 bits per heavy atom. The van der Waals surface area contributed by atoms with Gasteiger partial charge in [-0.3, -0.25) is 9.36 Å². The number of benzene rings is 3. The van der Waals surface area contributed by atoms with Crippen LogP contribution in [0.4, 0.5) is 22.0 Å². The number of hydrogen-bond donors (Lipinski definition) is 0. The lowest BCUT2D eigenvalue weighted by atomic mass is 10.1. The van der Waals surface area contributed by atoms with Crippen LogP contribution in [0.25, 0.3) is 22.4 Å². The standard InChI is InChI=1S/C21H10ClF5N2O/c22-14-5-7-18-17(10-14)28-19(11-2-1-3-13(8-11)21(25,26)27)29(18)20(30)12-4-6-15(23)16(24)9-12/h1-10H. The second kappa shape index (κ2) is 7.21. The van der Waals surface area contributed by atoms with E-state index in [2.05, 4.69) is 4.98 Å². The quantitative estimate of drug-likeness (QED) is 0.343. The first-order chi connectivity index (χ1) is 14.1. The molecule has 0 spiro atoms. The van der Waals surface area contributed by atoms with E-state index in [-0.39, 0.29) is 28.0 Å². The number of rotatable bonds is 2. The molecule has 0 aliphatic heterocycles. The molecule has 0 unspecified atom stereocenters. The zero-order valence-corrected chi connectivity index (χ0v) is 15.6. The van der Waals surface area contributed by atoms with Crippen molar-refractivity contribution >= 4 is 28.5 Å². The summed E-state index contributed by atoms with van der Waals surface area (Å²) in [6, 6.07) is 11.3. The fourth-order valence-corrected chi connectivity index (χ4v) is 3.21. The zero-order valence-electron chi connectivity index (χ0n) is 14.8. The molecule has 0 aliphatic rings. The van der Waals surface area contributed by atoms with Gasteiger partial charge in [-0.1, -0.05) is 23.7 Å². The van der Waals surface area contributed by atoms with Crippen LogP contribution in [0.2, 0.25) is 5.02 Å². The number of imidazole rings is 1. The Labute approximate surface area is 171 Å². The van der Waals surface area contributed by atoms with Gasteiger partial charge in [0.1, 0.15) is 5.82 Å². The normalized spacial score (nSPS) is 11.8. The first kappa shape index (κ1) is 20.0. The van der Waals surface area contributed by atoms with Crippen molar-refractivity contribution in [3.63, 3.8) is 0 Å². The van der Waals surface area contributed by atoms with Crippen molar-refractivity contribution in [1.82, 2.24) is 9.55 Å². The number of carbonyl (C=O) groups excluding carboxylic acids is 1. The van der Waals surface area contributed by atoms with Crippen molar-refractivity contribution in [2.75, 3.05) is 0 Å². The Bertz CT molecular complexity index is 1300. The number of nitrogens with zero attached hydrogens (tertiary/aromatic N) is 2. The Morgan fingerprint density at radius 2 is 1.70 bits per heavy atom. The number of hydrogen-bond acceptors (Lipinski definition) is 2. The van der Waals surface area contributed by atoms with Crippen LogP contribution in [-0.2, 0) is 6.18 Å². The maximum atomic E-state index is 13.7. The van der Waals surface area contributed by atoms with E-state index in [1.165, 1.54) is 30.3 Å². The molecule has 0 saturated carbocycles. The van der Waals surface area contributed by atoms with Crippen LogP contribution < -0.4 is 0 Å². The highest BCUT2D eigenvalue weighted by atomic mass is 35.5. The van der Waals surface area contributed by atoms with E-state index >= 15 is 0 Å². The zero-order chi connectivity index (χ0) is 21.6. The molecule has 0 radical (unpaired) electrons. The van der Waals surface area contributed by atoms with Crippen molar-refractivity contribution in [3.05, 3.63) is 88.4 Å². The molecule has 4 aromatic rings. The number of aromatic nitrogens is 2. The molecule has 4 rings (SSSR count). The molecule has 1 heterocycles. The molecule has 9 heteroatoms. The summed E-state index contributed by atoms with van der Waals surface area (Å²) >= 11 is 5.97. The molecule has 0 fully saturated rings. The molecule has 152 valence electrons. The molecule has 0 N–H and O–H groups in total. The van der Waals surface area contributed by atoms with Gasteiger partial charge in [0, 0.05) is 16.1 Å². The second-order valence-electron chi connectivity index (χ2n) is 6.42. The first-order valence-electron chi connectivity index (χ1n) is 8.50. The minimum Gasteiger partial charge on any atom is -0.268 e. The van der Waals surface area contributed by atoms with Crippen molar-refractivity contribution in [1.29, 1.82) is 0 Å². The Balaban J connectivity index is 1.97. The lowest BCUT2D eigenvalue weighted by Gasteiger charge is -2.11. The number of fused-ring (bicyclic) bond motifs is 1. The van der Waals surface area contributed by atoms with E-state index in [4.69, 9.17) is 11.6 Å². The first-order valence-corrected chi connectivity index (χ1v) is 8.88. The summed E-state index contributed by atoms with van der Waals surface area (Å²) in [5.74, 6) is -3.24. The molecular weight excluding hydrogens is 427 g/mol. The fraction of sp³-hybridized carbons (Fsp3) is 0.0476. The fourth-order valence-electron chi connectivity index (χ4n) is 3.05. The van der Waals surface area contributed by atoms with Crippen molar-refractivity contribution in [2.24, 2.45) is 0 Å². The molecular formula is C21H10ClF5N2O. The summed E-state index contributed by atoms with van der Waals surface area (Å²) in [6.07, 6.45) is -4.60. The number of carbonyl (C=O) groups is 1. The molecule has 3 nitrogen and oxygen atoms in total. The highest BCUT2D eigenvalue weighted by molar-refractivity contribution is 6.31. The third-order valence-electron chi connectivity index (χ3n) is 4.43. The van der Waals surface area contributed by atoms with Gasteiger partial charge in [0.2, 0.25) is 0 Å². The van der Waals surface area contributed by atoms with Crippen LogP contribution in [0.3, 0.4) is 0 Å². The largest absolute Gasteiger partial charge is 0.416 e. The average molecular weight is 437 g/mol. The van der Waals surface area contributed by atoms with E-state index in [0.717, 1.165) is 34.9 Å². The van der Waals surface area contributed by atoms with E-state index in [1.807, 2.05) is 0 Å². The number of alkyl halides is 3. The monoisotopic (exact) mass is 436 g/mol. The highest BCUT2D eigenvalue weighted by Crippen LogP contribution is 2.33. The van der Waals surface area contributed by atoms with E-state index in [9.17, 15) is 26.7 Å². The topological polar surface area (TPSA) is 34.9 Å². The Kier molecular flexibility index (Phi) is 4.82. The van der Waals surface area contributed by atoms with Crippen molar-refractivity contribution in [2.45, 2.75) is 6.18 Å². The molecule has 0 bridgehead atoms. The third kappa shape index (κ3) is 3.54. The third-order valence-corrected chi connectivity index (χ3v) is 4.67. The molecule has 30 heavy (non-hydrogen) atoms. The highest BCUT2D eigenvalue weighted by Gasteiger charge is 2.31. The van der Waals surface area contributed by atoms with Gasteiger partial charge in [-0.25, -0.2) is 13.8 Å². The van der Waals surface area contributed by atoms with Gasteiger partial charge < -0.3 is 0 Å². The van der Waals surface area contributed by atoms with Gasteiger partial charge in [0.05, 0.1) is 16.6 Å². The molecule has 0 saturated heterocycles. The summed E-state index contributed by atoms with van der Waals surface area (Å²) in [5.41, 5.74) is -0.589. The summed E-state index contributed by atoms with van der Waals surface area (Å²) in [4.78, 5) is 17.4. The Morgan fingerprint density at radius 1 is 0.933 bits per heavy atom. The van der Waals surface area contributed by atoms with Crippen LogP contribution in [0.5, 0.6) is 0 Å². The van der Waals surface area contributed by atoms with Crippen LogP contribution >= 0.6 is 11.6 Å². The van der Waals surface area contributed by atoms with E-state index in [0.29, 0.717) is 5.02 Å². The van der Waals surface area contributed by atoms with Crippen LogP contribution in [0, 0.1) is 11.6 Å². The second-order valence-corrected chi connectivity index (χ2v) is 6.85. The van der Waals surface area contributed by atoms with E-state index in [1.54, 1.807) is 0 Å². The van der Waals surface area contributed by atoms with E-state index < -0.39 is 29.3 Å². The van der Waals surface area contributed by atoms with Gasteiger partial charge in [-0.05, 0) is 48.5 Å². The van der Waals surface area contributed by atoms with Gasteiger partial charge in [-0.2, -0.15) is 13.2 Å². The SMILES string of the molecule is O=C(c1ccc(F)c(F)c1)n1c(-c2cccc(C(F)(F)F)c2)nc2cc(Cl)ccc21. The summed E-state index contributed by atoms with van der Waals surface area (Å²) in [6.45, 7) is 0. The molecule has 0 aliphatic carbocycles. The van der Waals surface area contributed by atoms with Crippen LogP contribution in [-0.4, -0.2) is 15.5 Å². The minimum absolute atomic E-state index is 0.0214. The van der Waals surface area contributed by atoms with Crippen molar-refractivity contribution in [3.8, 4) is 11.4 Å². The molecule has 3 aromatic carbocycles. The van der Waals surface area contributed by atoms with Gasteiger partial charge in [-0.15, -0.1) is 0 Å². The molecule has 1 aromatic heterocycles. The van der Waals surface area contributed by atoms with Gasteiger partial charge in [0.15, 0.2) is 11.6 Å². The summed E-state index contributed by atoms with van der Waals surface area (Å²) in [5, 5.41) is 0.308. The maximum Gasteiger partial charge on any atom is 0.416 e. The lowest BCUT2D eigenvalue weighted by molar-refractivity contribution is -0.137. The van der Waals surface area contributed by atoms with Gasteiger partial charge >= 0.3 is 6.18 Å². The lowest BCUT2D eigenvalue weighted by Crippen LogP contribution is -2.14. The Hall–Kier alpha value is -3.26. The van der Waals surface area contributed by atoms with Crippen LogP contribution in [0.15, 0.2) is 60.7 Å². The van der Waals surface area contributed by atoms with Crippen molar-refractivity contribution < 1.29 is 26.7 Å².